The molecule has 2 fully saturated rings. The summed E-state index contributed by atoms with van der Waals surface area (Å²) in [6, 6.07) is 22.5. The maximum absolute atomic E-state index is 6.49. The predicted octanol–water partition coefficient (Wildman–Crippen LogP) is 6.79. The van der Waals surface area contributed by atoms with Crippen molar-refractivity contribution in [3.05, 3.63) is 105 Å². The highest BCUT2D eigenvalue weighted by molar-refractivity contribution is 6.31. The smallest absolute Gasteiger partial charge is 0.282 e. The molecule has 7 nitrogen and oxygen atoms in total. The van der Waals surface area contributed by atoms with Crippen molar-refractivity contribution in [2.45, 2.75) is 63.4 Å². The van der Waals surface area contributed by atoms with Gasteiger partial charge in [0, 0.05) is 29.1 Å². The van der Waals surface area contributed by atoms with E-state index >= 15 is 0 Å². The van der Waals surface area contributed by atoms with Gasteiger partial charge in [-0.2, -0.15) is 0 Å². The zero-order valence-electron chi connectivity index (χ0n) is 22.1. The number of halogens is 3. The monoisotopic (exact) mass is 608 g/mol. The van der Waals surface area contributed by atoms with E-state index in [1.54, 1.807) is 6.92 Å². The maximum Gasteiger partial charge on any atom is 0.282 e. The zero-order chi connectivity index (χ0) is 28.1. The topological polar surface area (TPSA) is 64.6 Å². The molecule has 0 amide bonds. The number of rotatable bonds is 11. The van der Waals surface area contributed by atoms with Gasteiger partial charge in [-0.3, -0.25) is 4.74 Å². The molecule has 2 saturated heterocycles. The molecule has 5 rings (SSSR count). The van der Waals surface area contributed by atoms with Crippen LogP contribution in [0.1, 0.15) is 23.6 Å². The van der Waals surface area contributed by atoms with Crippen LogP contribution in [0.25, 0.3) is 0 Å². The van der Waals surface area contributed by atoms with Gasteiger partial charge in [-0.05, 0) is 53.1 Å². The first-order valence-corrected chi connectivity index (χ1v) is 14.1. The predicted molar refractivity (Wildman–Crippen MR) is 151 cm³/mol. The lowest BCUT2D eigenvalue weighted by atomic mass is 9.98. The van der Waals surface area contributed by atoms with E-state index in [4.69, 9.17) is 68.0 Å². The molecular weight excluding hydrogens is 579 g/mol. The van der Waals surface area contributed by atoms with E-state index in [0.717, 1.165) is 16.7 Å². The number of fused-ring (bicyclic) bond motifs is 1. The fraction of sp³-hybridized carbons (Fsp3) is 0.400. The van der Waals surface area contributed by atoms with Crippen molar-refractivity contribution in [1.82, 2.24) is 0 Å². The highest BCUT2D eigenvalue weighted by atomic mass is 35.5. The molecule has 0 aromatic heterocycles. The van der Waals surface area contributed by atoms with Crippen LogP contribution in [0.5, 0.6) is 0 Å². The minimum atomic E-state index is -1.29. The van der Waals surface area contributed by atoms with Crippen LogP contribution in [0.3, 0.4) is 0 Å². The Bertz CT molecular complexity index is 1230. The largest absolute Gasteiger partial charge is 0.374 e. The van der Waals surface area contributed by atoms with Crippen molar-refractivity contribution in [1.29, 1.82) is 0 Å². The van der Waals surface area contributed by atoms with E-state index in [0.29, 0.717) is 34.9 Å². The Morgan fingerprint density at radius 2 is 1.15 bits per heavy atom. The first-order valence-electron chi connectivity index (χ1n) is 12.9. The van der Waals surface area contributed by atoms with E-state index < -0.39 is 36.7 Å². The Kier molecular flexibility index (Phi) is 10.0. The third-order valence-corrected chi connectivity index (χ3v) is 7.57. The summed E-state index contributed by atoms with van der Waals surface area (Å²) in [5.74, 6) is -1.29. The third-order valence-electron chi connectivity index (χ3n) is 6.82. The second-order valence-corrected chi connectivity index (χ2v) is 11.1. The molecule has 0 aliphatic carbocycles. The van der Waals surface area contributed by atoms with Crippen molar-refractivity contribution < 1.29 is 33.2 Å². The van der Waals surface area contributed by atoms with Gasteiger partial charge in [-0.25, -0.2) is 0 Å². The van der Waals surface area contributed by atoms with Gasteiger partial charge in [-0.15, -0.1) is 0 Å². The Morgan fingerprint density at radius 3 is 1.65 bits per heavy atom. The lowest BCUT2D eigenvalue weighted by Crippen LogP contribution is -2.59. The minimum Gasteiger partial charge on any atom is -0.374 e. The molecule has 2 aliphatic heterocycles. The molecule has 6 atom stereocenters. The average Bonchev–Trinajstić information content (AvgIpc) is 3.30. The molecule has 0 radical (unpaired) electrons. The number of benzene rings is 3. The van der Waals surface area contributed by atoms with Crippen LogP contribution in [-0.2, 0) is 53.0 Å². The normalized spacial score (nSPS) is 28.0. The highest BCUT2D eigenvalue weighted by Crippen LogP contribution is 2.39. The summed E-state index contributed by atoms with van der Waals surface area (Å²) in [5, 5.41) is 1.97. The molecular formula is C30H31Cl3O7. The lowest BCUT2D eigenvalue weighted by molar-refractivity contribution is -0.334. The summed E-state index contributed by atoms with van der Waals surface area (Å²) in [4.78, 5) is 0. The fourth-order valence-electron chi connectivity index (χ4n) is 4.63. The number of hydrogen-bond acceptors (Lipinski definition) is 7. The van der Waals surface area contributed by atoms with Crippen molar-refractivity contribution in [2.75, 3.05) is 13.7 Å². The fourth-order valence-corrected chi connectivity index (χ4v) is 5.00. The highest BCUT2D eigenvalue weighted by Gasteiger charge is 2.57. The molecule has 3 aromatic carbocycles. The minimum absolute atomic E-state index is 0.227. The van der Waals surface area contributed by atoms with E-state index in [9.17, 15) is 0 Å². The van der Waals surface area contributed by atoms with Gasteiger partial charge in [0.2, 0.25) is 0 Å². The first-order chi connectivity index (χ1) is 19.3. The summed E-state index contributed by atoms with van der Waals surface area (Å²) >= 11 is 18.2. The molecule has 0 spiro atoms. The second-order valence-electron chi connectivity index (χ2n) is 9.76. The van der Waals surface area contributed by atoms with Crippen LogP contribution in [-0.4, -0.2) is 50.4 Å². The number of ether oxygens (including phenoxy) is 7. The second kappa shape index (κ2) is 13.5. The first kappa shape index (κ1) is 29.7. The lowest BCUT2D eigenvalue weighted by Gasteiger charge is -2.42. The van der Waals surface area contributed by atoms with Gasteiger partial charge >= 0.3 is 0 Å². The van der Waals surface area contributed by atoms with Crippen LogP contribution in [0.15, 0.2) is 72.8 Å². The maximum atomic E-state index is 6.49. The Balaban J connectivity index is 1.37. The quantitative estimate of drug-likeness (QED) is 0.237. The zero-order valence-corrected chi connectivity index (χ0v) is 24.4. The van der Waals surface area contributed by atoms with Gasteiger partial charge in [-0.1, -0.05) is 71.2 Å². The van der Waals surface area contributed by atoms with E-state index in [1.165, 1.54) is 7.11 Å². The summed E-state index contributed by atoms with van der Waals surface area (Å²) < 4.78 is 43.1. The molecule has 0 bridgehead atoms. The van der Waals surface area contributed by atoms with Gasteiger partial charge in [0.05, 0.1) is 26.4 Å². The summed E-state index contributed by atoms with van der Waals surface area (Å²) in [6.07, 6.45) is -3.02. The Labute approximate surface area is 249 Å². The van der Waals surface area contributed by atoms with Gasteiger partial charge < -0.3 is 28.4 Å². The van der Waals surface area contributed by atoms with Crippen LogP contribution < -0.4 is 0 Å². The van der Waals surface area contributed by atoms with E-state index in [2.05, 4.69) is 0 Å². The molecule has 0 N–H and O–H groups in total. The van der Waals surface area contributed by atoms with E-state index in [-0.39, 0.29) is 6.61 Å². The molecule has 214 valence electrons. The van der Waals surface area contributed by atoms with Crippen LogP contribution >= 0.6 is 34.8 Å². The average molecular weight is 610 g/mol. The van der Waals surface area contributed by atoms with Crippen molar-refractivity contribution in [2.24, 2.45) is 0 Å². The standard InChI is InChI=1S/C30H31Cl3O7/c1-30(34-2)39-28-27(37-17-21-7-13-24(33)14-8-21)26(36-16-20-5-11-23(32)12-6-20)25(38-29(28)40-30)18-35-15-19-3-9-22(31)10-4-19/h3-14,25-29H,15-18H2,1-2H3/t25-,26+,27-,28-,29+,30+/m1/s1. The summed E-state index contributed by atoms with van der Waals surface area (Å²) in [5.41, 5.74) is 2.89. The Morgan fingerprint density at radius 1 is 0.675 bits per heavy atom. The molecule has 2 aliphatic rings. The molecule has 2 heterocycles. The molecule has 3 aromatic rings. The third kappa shape index (κ3) is 7.55. The number of hydrogen-bond donors (Lipinski definition) is 0. The van der Waals surface area contributed by atoms with Crippen molar-refractivity contribution in [3.63, 3.8) is 0 Å². The van der Waals surface area contributed by atoms with Gasteiger partial charge in [0.1, 0.15) is 24.4 Å². The molecule has 0 saturated carbocycles. The van der Waals surface area contributed by atoms with Crippen LogP contribution in [0, 0.1) is 0 Å². The summed E-state index contributed by atoms with van der Waals surface area (Å²) in [7, 11) is 1.52. The molecule has 10 heteroatoms. The van der Waals surface area contributed by atoms with Crippen LogP contribution in [0.4, 0.5) is 0 Å². The Hall–Kier alpha value is -1.75. The number of methoxy groups -OCH3 is 1. The van der Waals surface area contributed by atoms with Crippen LogP contribution in [0.2, 0.25) is 15.1 Å². The van der Waals surface area contributed by atoms with Crippen molar-refractivity contribution >= 4 is 34.8 Å². The SMILES string of the molecule is CO[C@]1(C)O[C@@H]2O[C@H](COCc3ccc(Cl)cc3)[C@H](OCc3ccc(Cl)cc3)[C@@H](OCc3ccc(Cl)cc3)[C@H]2O1. The van der Waals surface area contributed by atoms with E-state index in [1.807, 2.05) is 72.8 Å². The summed E-state index contributed by atoms with van der Waals surface area (Å²) in [6.45, 7) is 2.90. The van der Waals surface area contributed by atoms with Gasteiger partial charge in [0.15, 0.2) is 6.29 Å². The van der Waals surface area contributed by atoms with Crippen molar-refractivity contribution in [3.8, 4) is 0 Å². The van der Waals surface area contributed by atoms with Gasteiger partial charge in [0.25, 0.3) is 5.97 Å². The molecule has 40 heavy (non-hydrogen) atoms. The molecule has 0 unspecified atom stereocenters.